The second-order valence-electron chi connectivity index (χ2n) is 5.16. The van der Waals surface area contributed by atoms with Crippen LogP contribution in [0.3, 0.4) is 0 Å². The number of hydrogen-bond donors (Lipinski definition) is 1. The average Bonchev–Trinajstić information content (AvgIpc) is 2.51. The van der Waals surface area contributed by atoms with Crippen LogP contribution in [0.25, 0.3) is 0 Å². The SMILES string of the molecule is CCN(Cc1ccccn1)C(CN)c1cc(C)ccc1F. The van der Waals surface area contributed by atoms with Crippen molar-refractivity contribution in [3.05, 3.63) is 65.2 Å². The molecule has 2 N–H and O–H groups in total. The lowest BCUT2D eigenvalue weighted by molar-refractivity contribution is 0.197. The van der Waals surface area contributed by atoms with Crippen LogP contribution in [0.15, 0.2) is 42.6 Å². The molecule has 21 heavy (non-hydrogen) atoms. The van der Waals surface area contributed by atoms with Gasteiger partial charge in [-0.05, 0) is 31.7 Å². The highest BCUT2D eigenvalue weighted by Crippen LogP contribution is 2.24. The number of rotatable bonds is 6. The van der Waals surface area contributed by atoms with E-state index < -0.39 is 0 Å². The molecule has 0 fully saturated rings. The van der Waals surface area contributed by atoms with Crippen LogP contribution in [0.5, 0.6) is 0 Å². The monoisotopic (exact) mass is 287 g/mol. The van der Waals surface area contributed by atoms with Gasteiger partial charge in [-0.1, -0.05) is 30.7 Å². The van der Waals surface area contributed by atoms with E-state index >= 15 is 0 Å². The molecule has 1 atom stereocenters. The van der Waals surface area contributed by atoms with E-state index in [9.17, 15) is 4.39 Å². The summed E-state index contributed by atoms with van der Waals surface area (Å²) in [5, 5.41) is 0. The average molecular weight is 287 g/mol. The zero-order valence-electron chi connectivity index (χ0n) is 12.6. The Balaban J connectivity index is 2.27. The largest absolute Gasteiger partial charge is 0.329 e. The minimum Gasteiger partial charge on any atom is -0.329 e. The Bertz CT molecular complexity index is 572. The first-order valence-electron chi connectivity index (χ1n) is 7.25. The van der Waals surface area contributed by atoms with Gasteiger partial charge in [0, 0.05) is 24.8 Å². The van der Waals surface area contributed by atoms with Crippen LogP contribution in [0, 0.1) is 12.7 Å². The molecule has 1 heterocycles. The van der Waals surface area contributed by atoms with Crippen LogP contribution < -0.4 is 5.73 Å². The molecular weight excluding hydrogens is 265 g/mol. The number of hydrogen-bond acceptors (Lipinski definition) is 3. The van der Waals surface area contributed by atoms with E-state index in [1.54, 1.807) is 12.3 Å². The lowest BCUT2D eigenvalue weighted by Gasteiger charge is -2.30. The first kappa shape index (κ1) is 15.6. The Hall–Kier alpha value is -1.78. The number of nitrogens with two attached hydrogens (primary N) is 1. The van der Waals surface area contributed by atoms with Gasteiger partial charge in [0.2, 0.25) is 0 Å². The highest BCUT2D eigenvalue weighted by Gasteiger charge is 2.21. The van der Waals surface area contributed by atoms with Gasteiger partial charge in [-0.25, -0.2) is 4.39 Å². The van der Waals surface area contributed by atoms with Crippen molar-refractivity contribution in [1.82, 2.24) is 9.88 Å². The van der Waals surface area contributed by atoms with Gasteiger partial charge >= 0.3 is 0 Å². The van der Waals surface area contributed by atoms with Crippen molar-refractivity contribution in [3.63, 3.8) is 0 Å². The van der Waals surface area contributed by atoms with Crippen molar-refractivity contribution in [2.24, 2.45) is 5.73 Å². The fourth-order valence-electron chi connectivity index (χ4n) is 2.53. The highest BCUT2D eigenvalue weighted by molar-refractivity contribution is 5.27. The van der Waals surface area contributed by atoms with Crippen molar-refractivity contribution in [3.8, 4) is 0 Å². The number of benzene rings is 1. The summed E-state index contributed by atoms with van der Waals surface area (Å²) >= 11 is 0. The van der Waals surface area contributed by atoms with Gasteiger partial charge in [0.25, 0.3) is 0 Å². The molecule has 1 aromatic heterocycles. The number of likely N-dealkylation sites (N-methyl/N-ethyl adjacent to an activating group) is 1. The standard InChI is InChI=1S/C17H22FN3/c1-3-21(12-14-6-4-5-9-20-14)17(11-19)15-10-13(2)7-8-16(15)18/h4-10,17H,3,11-12,19H2,1-2H3. The molecule has 0 aliphatic carbocycles. The molecule has 0 aliphatic rings. The van der Waals surface area contributed by atoms with E-state index in [1.807, 2.05) is 31.2 Å². The maximum absolute atomic E-state index is 14.1. The molecule has 1 unspecified atom stereocenters. The van der Waals surface area contributed by atoms with Gasteiger partial charge in [0.1, 0.15) is 5.82 Å². The van der Waals surface area contributed by atoms with E-state index in [0.717, 1.165) is 17.8 Å². The summed E-state index contributed by atoms with van der Waals surface area (Å²) < 4.78 is 14.1. The fraction of sp³-hybridized carbons (Fsp3) is 0.353. The lowest BCUT2D eigenvalue weighted by atomic mass is 10.0. The van der Waals surface area contributed by atoms with E-state index in [1.165, 1.54) is 6.07 Å². The smallest absolute Gasteiger partial charge is 0.128 e. The van der Waals surface area contributed by atoms with Gasteiger partial charge < -0.3 is 5.73 Å². The normalized spacial score (nSPS) is 12.6. The number of nitrogens with zero attached hydrogens (tertiary/aromatic N) is 2. The summed E-state index contributed by atoms with van der Waals surface area (Å²) in [5.74, 6) is -0.199. The molecule has 1 aromatic carbocycles. The van der Waals surface area contributed by atoms with Crippen LogP contribution in [0.1, 0.15) is 29.8 Å². The molecule has 2 rings (SSSR count). The summed E-state index contributed by atoms with van der Waals surface area (Å²) in [5.41, 5.74) is 8.59. The minimum absolute atomic E-state index is 0.142. The molecule has 2 aromatic rings. The predicted octanol–water partition coefficient (Wildman–Crippen LogP) is 3.05. The first-order chi connectivity index (χ1) is 10.2. The predicted molar refractivity (Wildman–Crippen MR) is 83.3 cm³/mol. The van der Waals surface area contributed by atoms with E-state index in [2.05, 4.69) is 16.8 Å². The number of halogens is 1. The van der Waals surface area contributed by atoms with Crippen LogP contribution >= 0.6 is 0 Å². The number of aromatic nitrogens is 1. The van der Waals surface area contributed by atoms with Gasteiger partial charge in [-0.3, -0.25) is 9.88 Å². The molecular formula is C17H22FN3. The Morgan fingerprint density at radius 1 is 1.29 bits per heavy atom. The van der Waals surface area contributed by atoms with Crippen LogP contribution in [0.2, 0.25) is 0 Å². The van der Waals surface area contributed by atoms with Crippen LogP contribution in [-0.4, -0.2) is 23.0 Å². The summed E-state index contributed by atoms with van der Waals surface area (Å²) in [6.07, 6.45) is 1.77. The molecule has 0 saturated heterocycles. The maximum Gasteiger partial charge on any atom is 0.128 e. The van der Waals surface area contributed by atoms with Gasteiger partial charge in [0.05, 0.1) is 11.7 Å². The maximum atomic E-state index is 14.1. The van der Waals surface area contributed by atoms with E-state index in [4.69, 9.17) is 5.73 Å². The van der Waals surface area contributed by atoms with Crippen molar-refractivity contribution < 1.29 is 4.39 Å². The molecule has 0 saturated carbocycles. The first-order valence-corrected chi connectivity index (χ1v) is 7.25. The highest BCUT2D eigenvalue weighted by atomic mass is 19.1. The van der Waals surface area contributed by atoms with Crippen molar-refractivity contribution >= 4 is 0 Å². The van der Waals surface area contributed by atoms with Crippen LogP contribution in [0.4, 0.5) is 4.39 Å². The number of aryl methyl sites for hydroxylation is 1. The molecule has 0 bridgehead atoms. The quantitative estimate of drug-likeness (QED) is 0.888. The zero-order valence-corrected chi connectivity index (χ0v) is 12.6. The molecule has 4 heteroatoms. The summed E-state index contributed by atoms with van der Waals surface area (Å²) in [6.45, 7) is 5.84. The molecule has 112 valence electrons. The van der Waals surface area contributed by atoms with Gasteiger partial charge in [-0.2, -0.15) is 0 Å². The zero-order chi connectivity index (χ0) is 15.2. The van der Waals surface area contributed by atoms with Crippen molar-refractivity contribution in [2.45, 2.75) is 26.4 Å². The molecule has 3 nitrogen and oxygen atoms in total. The second kappa shape index (κ2) is 7.29. The van der Waals surface area contributed by atoms with Crippen molar-refractivity contribution in [1.29, 1.82) is 0 Å². The third kappa shape index (κ3) is 3.86. The number of pyridine rings is 1. The fourth-order valence-corrected chi connectivity index (χ4v) is 2.53. The topological polar surface area (TPSA) is 42.2 Å². The lowest BCUT2D eigenvalue weighted by Crippen LogP contribution is -2.34. The third-order valence-corrected chi connectivity index (χ3v) is 3.67. The summed E-state index contributed by atoms with van der Waals surface area (Å²) in [4.78, 5) is 6.49. The summed E-state index contributed by atoms with van der Waals surface area (Å²) in [7, 11) is 0. The summed E-state index contributed by atoms with van der Waals surface area (Å²) in [6, 6.07) is 10.9. The Morgan fingerprint density at radius 3 is 2.71 bits per heavy atom. The Kier molecular flexibility index (Phi) is 5.42. The molecule has 0 aliphatic heterocycles. The third-order valence-electron chi connectivity index (χ3n) is 3.67. The van der Waals surface area contributed by atoms with Gasteiger partial charge in [0.15, 0.2) is 0 Å². The van der Waals surface area contributed by atoms with Crippen molar-refractivity contribution in [2.75, 3.05) is 13.1 Å². The van der Waals surface area contributed by atoms with Crippen LogP contribution in [-0.2, 0) is 6.54 Å². The second-order valence-corrected chi connectivity index (χ2v) is 5.16. The van der Waals surface area contributed by atoms with E-state index in [0.29, 0.717) is 18.7 Å². The molecule has 0 radical (unpaired) electrons. The molecule has 0 spiro atoms. The van der Waals surface area contributed by atoms with Gasteiger partial charge in [-0.15, -0.1) is 0 Å². The van der Waals surface area contributed by atoms with E-state index in [-0.39, 0.29) is 11.9 Å². The Labute approximate surface area is 125 Å². The molecule has 0 amide bonds. The Morgan fingerprint density at radius 2 is 2.10 bits per heavy atom. The minimum atomic E-state index is -0.199.